The number of fused-ring (bicyclic) bond motifs is 3. The molecule has 0 radical (unpaired) electrons. The molecule has 0 saturated carbocycles. The van der Waals surface area contributed by atoms with Crippen LogP contribution in [0.15, 0.2) is 58.5 Å². The molecule has 0 bridgehead atoms. The van der Waals surface area contributed by atoms with E-state index in [0.717, 1.165) is 18.6 Å². The van der Waals surface area contributed by atoms with Crippen molar-refractivity contribution in [3.8, 4) is 11.3 Å². The second-order valence-corrected chi connectivity index (χ2v) is 9.25. The molecule has 1 aromatic heterocycles. The molecule has 0 spiro atoms. The predicted octanol–water partition coefficient (Wildman–Crippen LogP) is 4.96. The van der Waals surface area contributed by atoms with Crippen LogP contribution in [0, 0.1) is 0 Å². The first kappa shape index (κ1) is 22.6. The lowest BCUT2D eigenvalue weighted by Gasteiger charge is -2.31. The van der Waals surface area contributed by atoms with Crippen LogP contribution in [0.25, 0.3) is 11.3 Å². The van der Waals surface area contributed by atoms with E-state index in [-0.39, 0.29) is 11.5 Å². The van der Waals surface area contributed by atoms with Gasteiger partial charge in [0.05, 0.1) is 21.8 Å². The van der Waals surface area contributed by atoms with Crippen molar-refractivity contribution >= 4 is 35.0 Å². The summed E-state index contributed by atoms with van der Waals surface area (Å²) in [5.41, 5.74) is 2.22. The zero-order valence-corrected chi connectivity index (χ0v) is 19.7. The highest BCUT2D eigenvalue weighted by Gasteiger charge is 2.45. The minimum absolute atomic E-state index is 0.156. The fourth-order valence-corrected chi connectivity index (χ4v) is 5.13. The maximum atomic E-state index is 13.3. The Morgan fingerprint density at radius 2 is 1.91 bits per heavy atom. The van der Waals surface area contributed by atoms with E-state index in [2.05, 4.69) is 11.9 Å². The highest BCUT2D eigenvalue weighted by atomic mass is 35.5. The second kappa shape index (κ2) is 9.88. The van der Waals surface area contributed by atoms with Gasteiger partial charge in [0, 0.05) is 17.8 Å². The average molecular weight is 470 g/mol. The smallest absolute Gasteiger partial charge is 0.291 e. The van der Waals surface area contributed by atoms with Gasteiger partial charge < -0.3 is 0 Å². The van der Waals surface area contributed by atoms with Crippen LogP contribution in [0.3, 0.4) is 0 Å². The molecule has 8 heteroatoms. The molecule has 166 valence electrons. The quantitative estimate of drug-likeness (QED) is 0.301. The van der Waals surface area contributed by atoms with Crippen molar-refractivity contribution in [1.29, 1.82) is 0 Å². The third-order valence-corrected chi connectivity index (χ3v) is 6.81. The Balaban J connectivity index is 1.87. The molecule has 1 aliphatic heterocycles. The van der Waals surface area contributed by atoms with Gasteiger partial charge in [0.2, 0.25) is 11.1 Å². The summed E-state index contributed by atoms with van der Waals surface area (Å²) >= 11 is 8.09. The number of amides is 1. The molecule has 0 fully saturated rings. The number of para-hydroxylation sites is 1. The Kier molecular flexibility index (Phi) is 6.96. The Morgan fingerprint density at radius 1 is 1.16 bits per heavy atom. The van der Waals surface area contributed by atoms with Crippen molar-refractivity contribution in [2.75, 3.05) is 10.7 Å². The maximum Gasteiger partial charge on any atom is 0.325 e. The van der Waals surface area contributed by atoms with Gasteiger partial charge in [-0.05, 0) is 35.4 Å². The number of carbonyl (C=O) groups excluding carboxylic acids is 1. The fourth-order valence-electron chi connectivity index (χ4n) is 4.04. The van der Waals surface area contributed by atoms with Gasteiger partial charge in [-0.1, -0.05) is 73.8 Å². The molecule has 3 aromatic rings. The van der Waals surface area contributed by atoms with Gasteiger partial charge in [0.15, 0.2) is 0 Å². The number of unbranched alkanes of at least 4 members (excludes halogenated alkanes) is 3. The van der Waals surface area contributed by atoms with Gasteiger partial charge in [0.25, 0.3) is 6.17 Å². The van der Waals surface area contributed by atoms with Gasteiger partial charge >= 0.3 is 11.3 Å². The molecule has 1 aliphatic rings. The summed E-state index contributed by atoms with van der Waals surface area (Å²) in [5, 5.41) is 5.84. The van der Waals surface area contributed by atoms with Gasteiger partial charge in [-0.3, -0.25) is 14.6 Å². The number of aromatic amines is 1. The van der Waals surface area contributed by atoms with E-state index in [4.69, 9.17) is 16.7 Å². The first-order valence-corrected chi connectivity index (χ1v) is 12.2. The fraction of sp³-hybridized carbons (Fsp3) is 0.333. The minimum atomic E-state index is -0.659. The molecule has 1 amide bonds. The number of nitrogens with zero attached hydrogens (tertiary/aromatic N) is 3. The van der Waals surface area contributed by atoms with E-state index in [9.17, 15) is 9.59 Å². The molecule has 1 N–H and O–H groups in total. The first-order chi connectivity index (χ1) is 15.5. The van der Waals surface area contributed by atoms with Crippen LogP contribution in [-0.2, 0) is 4.79 Å². The van der Waals surface area contributed by atoms with Crippen molar-refractivity contribution in [3.63, 3.8) is 0 Å². The number of H-pyrrole nitrogens is 1. The van der Waals surface area contributed by atoms with Crippen molar-refractivity contribution in [2.45, 2.75) is 50.9 Å². The summed E-state index contributed by atoms with van der Waals surface area (Å²) in [6, 6.07) is 14.8. The third kappa shape index (κ3) is 4.32. The van der Waals surface area contributed by atoms with Crippen molar-refractivity contribution in [2.24, 2.45) is 0 Å². The maximum absolute atomic E-state index is 13.3. The van der Waals surface area contributed by atoms with Crippen LogP contribution >= 0.6 is 23.4 Å². The number of halogens is 1. The molecule has 4 rings (SSSR count). The van der Waals surface area contributed by atoms with Crippen LogP contribution in [0.5, 0.6) is 0 Å². The number of nitrogens with one attached hydrogen (secondary N) is 1. The Labute approximate surface area is 196 Å². The lowest BCUT2D eigenvalue weighted by molar-refractivity contribution is -0.763. The van der Waals surface area contributed by atoms with E-state index < -0.39 is 6.17 Å². The van der Waals surface area contributed by atoms with Gasteiger partial charge in [0.1, 0.15) is 0 Å². The summed E-state index contributed by atoms with van der Waals surface area (Å²) in [5.74, 6) is 0.711. The Hall–Kier alpha value is -2.64. The van der Waals surface area contributed by atoms with Gasteiger partial charge in [-0.25, -0.2) is 4.90 Å². The van der Waals surface area contributed by atoms with Crippen LogP contribution in [0.2, 0.25) is 5.02 Å². The minimum Gasteiger partial charge on any atom is -0.291 e. The second-order valence-electron chi connectivity index (χ2n) is 7.76. The number of hydrogen-bond acceptors (Lipinski definition) is 4. The molecule has 2 heterocycles. The predicted molar refractivity (Wildman–Crippen MR) is 128 cm³/mol. The standard InChI is InChI=1S/C24H25ClN4O2S/c1-3-4-5-10-15-32-24-26-22(31)21-18-12-7-9-14-20(18)28(16(2)30)23(29(21)27-24)17-11-6-8-13-19(17)25/h6-9,11-14,23H,3-5,10,15H2,1-2H3/p+1/t23-/m0/s1. The van der Waals surface area contributed by atoms with Crippen molar-refractivity contribution in [1.82, 2.24) is 10.1 Å². The first-order valence-electron chi connectivity index (χ1n) is 10.9. The van der Waals surface area contributed by atoms with Gasteiger partial charge in [-0.15, -0.1) is 0 Å². The van der Waals surface area contributed by atoms with E-state index in [0.29, 0.717) is 32.7 Å². The molecule has 0 saturated heterocycles. The molecule has 6 nitrogen and oxygen atoms in total. The third-order valence-electron chi connectivity index (χ3n) is 5.52. The van der Waals surface area contributed by atoms with Crippen LogP contribution in [0.4, 0.5) is 5.69 Å². The largest absolute Gasteiger partial charge is 0.325 e. The van der Waals surface area contributed by atoms with Crippen molar-refractivity contribution in [3.05, 3.63) is 69.5 Å². The lowest BCUT2D eigenvalue weighted by Crippen LogP contribution is -2.60. The normalized spacial score (nSPS) is 14.7. The van der Waals surface area contributed by atoms with E-state index >= 15 is 0 Å². The number of thioether (sulfide) groups is 1. The lowest BCUT2D eigenvalue weighted by atomic mass is 10.0. The Bertz CT molecular complexity index is 1200. The highest BCUT2D eigenvalue weighted by molar-refractivity contribution is 7.99. The van der Waals surface area contributed by atoms with Gasteiger partial charge in [-0.2, -0.15) is 0 Å². The van der Waals surface area contributed by atoms with E-state index in [1.54, 1.807) is 15.6 Å². The van der Waals surface area contributed by atoms with Crippen LogP contribution < -0.4 is 15.1 Å². The SMILES string of the molecule is CCCCCCSc1n[n+]2c(c(=O)[nH]1)-c1ccccc1N(C(C)=O)[C@@H]2c1ccccc1Cl. The number of benzene rings is 2. The monoisotopic (exact) mass is 469 g/mol. The van der Waals surface area contributed by atoms with E-state index in [1.165, 1.54) is 31.5 Å². The topological polar surface area (TPSA) is 69.9 Å². The molecule has 2 aromatic carbocycles. The molecule has 0 aliphatic carbocycles. The summed E-state index contributed by atoms with van der Waals surface area (Å²) < 4.78 is 1.65. The number of carbonyl (C=O) groups is 1. The number of anilines is 1. The summed E-state index contributed by atoms with van der Waals surface area (Å²) in [6.07, 6.45) is 3.92. The zero-order valence-electron chi connectivity index (χ0n) is 18.2. The van der Waals surface area contributed by atoms with E-state index in [1.807, 2.05) is 42.5 Å². The molecule has 1 atom stereocenters. The van der Waals surface area contributed by atoms with Crippen LogP contribution in [-0.4, -0.2) is 21.7 Å². The summed E-state index contributed by atoms with van der Waals surface area (Å²) in [7, 11) is 0. The molecular weight excluding hydrogens is 444 g/mol. The summed E-state index contributed by atoms with van der Waals surface area (Å²) in [6.45, 7) is 3.70. The highest BCUT2D eigenvalue weighted by Crippen LogP contribution is 2.38. The number of hydrogen-bond donors (Lipinski definition) is 1. The average Bonchev–Trinajstić information content (AvgIpc) is 2.78. The Morgan fingerprint density at radius 3 is 2.66 bits per heavy atom. The molecule has 0 unspecified atom stereocenters. The van der Waals surface area contributed by atoms with Crippen LogP contribution in [0.1, 0.15) is 51.3 Å². The zero-order chi connectivity index (χ0) is 22.7. The molecular formula is C24H26ClN4O2S+. The summed E-state index contributed by atoms with van der Waals surface area (Å²) in [4.78, 5) is 30.7. The number of aromatic nitrogens is 3. The van der Waals surface area contributed by atoms with Crippen molar-refractivity contribution < 1.29 is 9.48 Å². The number of rotatable bonds is 7. The molecule has 32 heavy (non-hydrogen) atoms.